The van der Waals surface area contributed by atoms with E-state index in [2.05, 4.69) is 20.8 Å². The molecule has 106 valence electrons. The summed E-state index contributed by atoms with van der Waals surface area (Å²) in [4.78, 5) is 12.1. The first-order valence-electron chi connectivity index (χ1n) is 6.51. The Bertz CT molecular complexity index is 673. The van der Waals surface area contributed by atoms with Crippen LogP contribution in [-0.2, 0) is 0 Å². The quantitative estimate of drug-likeness (QED) is 0.898. The zero-order chi connectivity index (χ0) is 15.2. The van der Waals surface area contributed by atoms with Crippen molar-refractivity contribution in [1.82, 2.24) is 10.2 Å². The highest BCUT2D eigenvalue weighted by atomic mass is 16.1. The minimum atomic E-state index is -0.402. The molecule has 0 aliphatic rings. The van der Waals surface area contributed by atoms with Gasteiger partial charge in [0.25, 0.3) is 5.91 Å². The average molecular weight is 281 g/mol. The molecule has 0 atom stereocenters. The third-order valence-corrected chi connectivity index (χ3v) is 2.63. The maximum Gasteiger partial charge on any atom is 0.276 e. The van der Waals surface area contributed by atoms with Gasteiger partial charge in [0.05, 0.1) is 11.3 Å². The van der Waals surface area contributed by atoms with Gasteiger partial charge in [-0.05, 0) is 38.1 Å². The fourth-order valence-electron chi connectivity index (χ4n) is 1.70. The van der Waals surface area contributed by atoms with Gasteiger partial charge >= 0.3 is 0 Å². The van der Waals surface area contributed by atoms with Crippen molar-refractivity contribution in [3.63, 3.8) is 0 Å². The summed E-state index contributed by atoms with van der Waals surface area (Å²) in [6.07, 6.45) is 0. The molecule has 1 aromatic carbocycles. The van der Waals surface area contributed by atoms with E-state index in [0.717, 1.165) is 0 Å². The van der Waals surface area contributed by atoms with Gasteiger partial charge in [-0.3, -0.25) is 4.79 Å². The number of nitrogens with one attached hydrogen (secondary N) is 2. The Morgan fingerprint density at radius 1 is 1.19 bits per heavy atom. The fourth-order valence-corrected chi connectivity index (χ4v) is 1.70. The molecule has 0 aliphatic carbocycles. The Labute approximate surface area is 122 Å². The van der Waals surface area contributed by atoms with E-state index in [1.54, 1.807) is 36.4 Å². The van der Waals surface area contributed by atoms with Gasteiger partial charge in [-0.15, -0.1) is 10.2 Å². The van der Waals surface area contributed by atoms with Gasteiger partial charge in [0.1, 0.15) is 11.9 Å². The smallest absolute Gasteiger partial charge is 0.276 e. The molecule has 1 aromatic heterocycles. The van der Waals surface area contributed by atoms with Crippen molar-refractivity contribution >= 4 is 17.4 Å². The molecule has 1 amide bonds. The summed E-state index contributed by atoms with van der Waals surface area (Å²) in [5, 5.41) is 22.5. The van der Waals surface area contributed by atoms with Crippen LogP contribution >= 0.6 is 0 Å². The number of benzene rings is 1. The minimum absolute atomic E-state index is 0.192. The number of anilines is 2. The van der Waals surface area contributed by atoms with Gasteiger partial charge in [0.2, 0.25) is 0 Å². The highest BCUT2D eigenvalue weighted by Crippen LogP contribution is 2.14. The first-order valence-corrected chi connectivity index (χ1v) is 6.51. The lowest BCUT2D eigenvalue weighted by molar-refractivity contribution is 0.102. The molecule has 0 unspecified atom stereocenters. The Morgan fingerprint density at radius 3 is 2.57 bits per heavy atom. The third-order valence-electron chi connectivity index (χ3n) is 2.63. The minimum Gasteiger partial charge on any atom is -0.366 e. The molecular weight excluding hydrogens is 266 g/mol. The number of hydrogen-bond acceptors (Lipinski definition) is 5. The Balaban J connectivity index is 2.12. The topological polar surface area (TPSA) is 90.7 Å². The van der Waals surface area contributed by atoms with Crippen LogP contribution < -0.4 is 10.6 Å². The number of carbonyl (C=O) groups excluding carboxylic acids is 1. The zero-order valence-electron chi connectivity index (χ0n) is 11.8. The Morgan fingerprint density at radius 2 is 1.95 bits per heavy atom. The van der Waals surface area contributed by atoms with Crippen LogP contribution in [0.1, 0.15) is 29.9 Å². The highest BCUT2D eigenvalue weighted by Gasteiger charge is 2.11. The van der Waals surface area contributed by atoms with Crippen LogP contribution in [-0.4, -0.2) is 22.1 Å². The van der Waals surface area contributed by atoms with Crippen molar-refractivity contribution < 1.29 is 4.79 Å². The molecule has 0 saturated heterocycles. The molecule has 2 N–H and O–H groups in total. The van der Waals surface area contributed by atoms with E-state index in [-0.39, 0.29) is 11.7 Å². The van der Waals surface area contributed by atoms with Crippen molar-refractivity contribution in [1.29, 1.82) is 5.26 Å². The van der Waals surface area contributed by atoms with E-state index >= 15 is 0 Å². The standard InChI is InChI=1S/C15H15N5O/c1-10(2)17-14-8-7-13(19-20-14)15(21)18-12-6-4-3-5-11(12)9-16/h3-8,10H,1-2H3,(H,17,20)(H,18,21). The number of aromatic nitrogens is 2. The number of carbonyl (C=O) groups is 1. The van der Waals surface area contributed by atoms with Crippen LogP contribution in [0.4, 0.5) is 11.5 Å². The summed E-state index contributed by atoms with van der Waals surface area (Å²) in [7, 11) is 0. The lowest BCUT2D eigenvalue weighted by Crippen LogP contribution is -2.16. The largest absolute Gasteiger partial charge is 0.366 e. The molecule has 0 aliphatic heterocycles. The summed E-state index contributed by atoms with van der Waals surface area (Å²) < 4.78 is 0. The monoisotopic (exact) mass is 281 g/mol. The summed E-state index contributed by atoms with van der Waals surface area (Å²) >= 11 is 0. The van der Waals surface area contributed by atoms with Crippen LogP contribution in [0.15, 0.2) is 36.4 Å². The molecular formula is C15H15N5O. The fraction of sp³-hybridized carbons (Fsp3) is 0.200. The molecule has 6 nitrogen and oxygen atoms in total. The SMILES string of the molecule is CC(C)Nc1ccc(C(=O)Nc2ccccc2C#N)nn1. The van der Waals surface area contributed by atoms with Crippen LogP contribution in [0.25, 0.3) is 0 Å². The third kappa shape index (κ3) is 3.76. The lowest BCUT2D eigenvalue weighted by Gasteiger charge is -2.09. The molecule has 1 heterocycles. The Kier molecular flexibility index (Phi) is 4.46. The number of rotatable bonds is 4. The lowest BCUT2D eigenvalue weighted by atomic mass is 10.2. The van der Waals surface area contributed by atoms with E-state index in [1.807, 2.05) is 19.9 Å². The summed E-state index contributed by atoms with van der Waals surface area (Å²) in [5.41, 5.74) is 1.05. The van der Waals surface area contributed by atoms with E-state index in [4.69, 9.17) is 5.26 Å². The molecule has 0 fully saturated rings. The first-order chi connectivity index (χ1) is 10.1. The summed E-state index contributed by atoms with van der Waals surface area (Å²) in [6, 6.07) is 12.3. The van der Waals surface area contributed by atoms with Crippen molar-refractivity contribution in [2.24, 2.45) is 0 Å². The molecule has 21 heavy (non-hydrogen) atoms. The van der Waals surface area contributed by atoms with Crippen LogP contribution in [0, 0.1) is 11.3 Å². The average Bonchev–Trinajstić information content (AvgIpc) is 2.48. The van der Waals surface area contributed by atoms with E-state index in [9.17, 15) is 4.79 Å². The molecule has 0 saturated carbocycles. The maximum atomic E-state index is 12.1. The van der Waals surface area contributed by atoms with Crippen molar-refractivity contribution in [3.8, 4) is 6.07 Å². The van der Waals surface area contributed by atoms with E-state index in [0.29, 0.717) is 17.1 Å². The van der Waals surface area contributed by atoms with Gasteiger partial charge in [-0.25, -0.2) is 0 Å². The van der Waals surface area contributed by atoms with E-state index < -0.39 is 5.91 Å². The normalized spacial score (nSPS) is 10.0. The molecule has 0 bridgehead atoms. The number of amides is 1. The number of hydrogen-bond donors (Lipinski definition) is 2. The van der Waals surface area contributed by atoms with Gasteiger partial charge < -0.3 is 10.6 Å². The van der Waals surface area contributed by atoms with Crippen LogP contribution in [0.5, 0.6) is 0 Å². The zero-order valence-corrected chi connectivity index (χ0v) is 11.8. The van der Waals surface area contributed by atoms with Gasteiger partial charge in [-0.2, -0.15) is 5.26 Å². The number of nitriles is 1. The molecule has 6 heteroatoms. The van der Waals surface area contributed by atoms with Crippen LogP contribution in [0.2, 0.25) is 0 Å². The number of nitrogens with zero attached hydrogens (tertiary/aromatic N) is 3. The van der Waals surface area contributed by atoms with Gasteiger partial charge in [-0.1, -0.05) is 12.1 Å². The predicted molar refractivity (Wildman–Crippen MR) is 79.9 cm³/mol. The van der Waals surface area contributed by atoms with Gasteiger partial charge in [0.15, 0.2) is 5.69 Å². The molecule has 2 rings (SSSR count). The first kappa shape index (κ1) is 14.5. The molecule has 0 radical (unpaired) electrons. The molecule has 2 aromatic rings. The number of para-hydroxylation sites is 1. The van der Waals surface area contributed by atoms with Crippen molar-refractivity contribution in [2.45, 2.75) is 19.9 Å². The van der Waals surface area contributed by atoms with Gasteiger partial charge in [0, 0.05) is 6.04 Å². The van der Waals surface area contributed by atoms with E-state index in [1.165, 1.54) is 0 Å². The van der Waals surface area contributed by atoms with Crippen molar-refractivity contribution in [3.05, 3.63) is 47.7 Å². The molecule has 0 spiro atoms. The summed E-state index contributed by atoms with van der Waals surface area (Å²) in [6.45, 7) is 3.97. The second-order valence-electron chi connectivity index (χ2n) is 4.71. The second kappa shape index (κ2) is 6.48. The van der Waals surface area contributed by atoms with Crippen molar-refractivity contribution in [2.75, 3.05) is 10.6 Å². The van der Waals surface area contributed by atoms with Crippen LogP contribution in [0.3, 0.4) is 0 Å². The second-order valence-corrected chi connectivity index (χ2v) is 4.71. The predicted octanol–water partition coefficient (Wildman–Crippen LogP) is 2.42. The summed E-state index contributed by atoms with van der Waals surface area (Å²) in [5.74, 6) is 0.209. The Hall–Kier alpha value is -2.94. The maximum absolute atomic E-state index is 12.1. The highest BCUT2D eigenvalue weighted by molar-refractivity contribution is 6.03.